The first kappa shape index (κ1) is 25.8. The average Bonchev–Trinajstić information content (AvgIpc) is 2.80. The summed E-state index contributed by atoms with van der Waals surface area (Å²) in [7, 11) is 0. The highest BCUT2D eigenvalue weighted by Crippen LogP contribution is 2.25. The van der Waals surface area contributed by atoms with E-state index >= 15 is 0 Å². The second-order valence-corrected chi connectivity index (χ2v) is 7.73. The van der Waals surface area contributed by atoms with Gasteiger partial charge in [0.2, 0.25) is 0 Å². The summed E-state index contributed by atoms with van der Waals surface area (Å²) >= 11 is 0. The van der Waals surface area contributed by atoms with Crippen molar-refractivity contribution in [1.29, 1.82) is 0 Å². The van der Waals surface area contributed by atoms with Crippen LogP contribution in [0, 0.1) is 0 Å². The predicted molar refractivity (Wildman–Crippen MR) is 125 cm³/mol. The van der Waals surface area contributed by atoms with Crippen molar-refractivity contribution < 1.29 is 24.2 Å². The van der Waals surface area contributed by atoms with Gasteiger partial charge in [-0.3, -0.25) is 0 Å². The Morgan fingerprint density at radius 1 is 1.06 bits per heavy atom. The van der Waals surface area contributed by atoms with E-state index in [-0.39, 0.29) is 0 Å². The first-order chi connectivity index (χ1) is 15.5. The molecule has 0 spiro atoms. The van der Waals surface area contributed by atoms with Crippen molar-refractivity contribution in [2.75, 3.05) is 13.2 Å². The number of amides is 1. The van der Waals surface area contributed by atoms with E-state index < -0.39 is 24.5 Å². The maximum atomic E-state index is 12.4. The number of carbonyl (C=O) groups is 2. The molecule has 2 atom stereocenters. The van der Waals surface area contributed by atoms with E-state index in [4.69, 9.17) is 9.47 Å². The Balaban J connectivity index is 2.53. The molecule has 0 radical (unpaired) electrons. The third-order valence-electron chi connectivity index (χ3n) is 5.54. The Bertz CT molecular complexity index is 848. The molecule has 7 nitrogen and oxygen atoms in total. The number of hydrogen-bond acceptors (Lipinski definition) is 5. The smallest absolute Gasteiger partial charge is 0.422 e. The van der Waals surface area contributed by atoms with Crippen molar-refractivity contribution in [2.24, 2.45) is 0 Å². The Morgan fingerprint density at radius 3 is 2.31 bits per heavy atom. The van der Waals surface area contributed by atoms with Crippen molar-refractivity contribution in [2.45, 2.75) is 71.9 Å². The number of carboxylic acid groups (broad SMARTS) is 1. The van der Waals surface area contributed by atoms with Gasteiger partial charge in [-0.1, -0.05) is 62.2 Å². The molecule has 7 heteroatoms. The van der Waals surface area contributed by atoms with Gasteiger partial charge in [0.25, 0.3) is 0 Å². The summed E-state index contributed by atoms with van der Waals surface area (Å²) < 4.78 is 11.6. The molecule has 0 saturated carbocycles. The van der Waals surface area contributed by atoms with Crippen LogP contribution in [0.25, 0.3) is 10.8 Å². The van der Waals surface area contributed by atoms with E-state index in [1.165, 1.54) is 5.01 Å². The van der Waals surface area contributed by atoms with Gasteiger partial charge < -0.3 is 19.4 Å². The maximum absolute atomic E-state index is 12.4. The normalized spacial score (nSPS) is 13.4. The third kappa shape index (κ3) is 6.51. The van der Waals surface area contributed by atoms with Gasteiger partial charge in [0.15, 0.2) is 6.29 Å². The van der Waals surface area contributed by atoms with Crippen LogP contribution in [0.1, 0.15) is 52.5 Å². The third-order valence-corrected chi connectivity index (χ3v) is 5.54. The Kier molecular flexibility index (Phi) is 10.6. The molecule has 2 aromatic rings. The number of hydrogen-bond donors (Lipinski definition) is 1. The molecule has 2 aromatic carbocycles. The van der Waals surface area contributed by atoms with Crippen LogP contribution in [-0.2, 0) is 20.8 Å². The van der Waals surface area contributed by atoms with Crippen LogP contribution in [0.4, 0.5) is 4.79 Å². The minimum Gasteiger partial charge on any atom is -0.464 e. The monoisotopic (exact) mass is 444 g/mol. The Labute approximate surface area is 190 Å². The first-order valence-corrected chi connectivity index (χ1v) is 11.4. The number of carbonyl (C=O) groups excluding carboxylic acids is 1. The standard InChI is InChI=1S/C25H36N2O5/c1-5-8-15-22(18-28)27(25(29)30)26(19(4)24(31-6-2)32-7-3)17-21-14-11-13-20-12-9-10-16-23(20)21/h9-14,16,18-19,22,24H,5-8,15,17H2,1-4H3,(H,29,30)/t19-,22?/m0/s1. The van der Waals surface area contributed by atoms with Crippen LogP contribution < -0.4 is 0 Å². The molecule has 0 bridgehead atoms. The van der Waals surface area contributed by atoms with Crippen LogP contribution in [0.3, 0.4) is 0 Å². The lowest BCUT2D eigenvalue weighted by molar-refractivity contribution is -0.204. The van der Waals surface area contributed by atoms with E-state index in [2.05, 4.69) is 0 Å². The van der Waals surface area contributed by atoms with Crippen molar-refractivity contribution in [3.63, 3.8) is 0 Å². The molecule has 32 heavy (non-hydrogen) atoms. The van der Waals surface area contributed by atoms with Crippen LogP contribution >= 0.6 is 0 Å². The lowest BCUT2D eigenvalue weighted by Crippen LogP contribution is -2.58. The lowest BCUT2D eigenvalue weighted by Gasteiger charge is -2.42. The van der Waals surface area contributed by atoms with Gasteiger partial charge in [-0.25, -0.2) is 14.8 Å². The lowest BCUT2D eigenvalue weighted by atomic mass is 10.0. The second-order valence-electron chi connectivity index (χ2n) is 7.73. The zero-order chi connectivity index (χ0) is 23.5. The second kappa shape index (κ2) is 13.2. The number of fused-ring (bicyclic) bond motifs is 1. The van der Waals surface area contributed by atoms with Crippen molar-refractivity contribution in [3.8, 4) is 0 Å². The van der Waals surface area contributed by atoms with Crippen LogP contribution in [0.2, 0.25) is 0 Å². The minimum atomic E-state index is -1.17. The number of rotatable bonds is 14. The largest absolute Gasteiger partial charge is 0.464 e. The fourth-order valence-corrected chi connectivity index (χ4v) is 3.92. The van der Waals surface area contributed by atoms with Crippen molar-refractivity contribution in [3.05, 3.63) is 48.0 Å². The highest BCUT2D eigenvalue weighted by molar-refractivity contribution is 5.85. The molecule has 176 valence electrons. The number of benzene rings is 2. The van der Waals surface area contributed by atoms with Gasteiger partial charge >= 0.3 is 6.09 Å². The van der Waals surface area contributed by atoms with Crippen LogP contribution in [-0.4, -0.2) is 59.1 Å². The summed E-state index contributed by atoms with van der Waals surface area (Å²) in [6, 6.07) is 12.7. The minimum absolute atomic E-state index is 0.294. The van der Waals surface area contributed by atoms with E-state index in [0.717, 1.165) is 35.5 Å². The summed E-state index contributed by atoms with van der Waals surface area (Å²) in [5.74, 6) is 0. The number of aldehydes is 1. The number of nitrogens with zero attached hydrogens (tertiary/aromatic N) is 2. The van der Waals surface area contributed by atoms with Crippen molar-refractivity contribution >= 4 is 23.2 Å². The average molecular weight is 445 g/mol. The van der Waals surface area contributed by atoms with Gasteiger partial charge in [0.05, 0.1) is 6.04 Å². The molecule has 0 aliphatic carbocycles. The molecule has 1 amide bonds. The van der Waals surface area contributed by atoms with E-state index in [1.807, 2.05) is 70.2 Å². The SMILES string of the molecule is CCCCC(C=O)N(C(=O)O)N(Cc1cccc2ccccc12)[C@@H](C)C(OCC)OCC. The summed E-state index contributed by atoms with van der Waals surface area (Å²) in [6.07, 6.45) is 1.00. The van der Waals surface area contributed by atoms with E-state index in [0.29, 0.717) is 26.2 Å². The maximum Gasteiger partial charge on any atom is 0.422 e. The fourth-order valence-electron chi connectivity index (χ4n) is 3.92. The van der Waals surface area contributed by atoms with Gasteiger partial charge in [-0.2, -0.15) is 0 Å². The number of hydrazine groups is 1. The van der Waals surface area contributed by atoms with Crippen LogP contribution in [0.5, 0.6) is 0 Å². The Hall–Kier alpha value is -2.48. The molecule has 0 saturated heterocycles. The molecule has 0 aliphatic heterocycles. The predicted octanol–water partition coefficient (Wildman–Crippen LogP) is 5.08. The molecule has 0 aliphatic rings. The number of unbranched alkanes of at least 4 members (excludes halogenated alkanes) is 1. The molecule has 1 N–H and O–H groups in total. The van der Waals surface area contributed by atoms with Crippen molar-refractivity contribution in [1.82, 2.24) is 10.0 Å². The quantitative estimate of drug-likeness (QED) is 0.249. The fraction of sp³-hybridized carbons (Fsp3) is 0.520. The highest BCUT2D eigenvalue weighted by atomic mass is 16.7. The molecule has 1 unspecified atom stereocenters. The summed E-state index contributed by atoms with van der Waals surface area (Å²) in [5.41, 5.74) is 0.966. The topological polar surface area (TPSA) is 79.3 Å². The highest BCUT2D eigenvalue weighted by Gasteiger charge is 2.36. The van der Waals surface area contributed by atoms with E-state index in [1.54, 1.807) is 5.01 Å². The zero-order valence-electron chi connectivity index (χ0n) is 19.6. The van der Waals surface area contributed by atoms with Gasteiger partial charge in [0, 0.05) is 19.8 Å². The molecule has 2 rings (SSSR count). The molecular formula is C25H36N2O5. The molecule has 0 heterocycles. The Morgan fingerprint density at radius 2 is 1.72 bits per heavy atom. The summed E-state index contributed by atoms with van der Waals surface area (Å²) in [5, 5.41) is 15.2. The number of ether oxygens (including phenoxy) is 2. The zero-order valence-corrected chi connectivity index (χ0v) is 19.6. The van der Waals surface area contributed by atoms with Gasteiger partial charge in [-0.05, 0) is 43.5 Å². The molecular weight excluding hydrogens is 408 g/mol. The van der Waals surface area contributed by atoms with Gasteiger partial charge in [-0.15, -0.1) is 0 Å². The summed E-state index contributed by atoms with van der Waals surface area (Å²) in [4.78, 5) is 24.4. The van der Waals surface area contributed by atoms with Gasteiger partial charge in [0.1, 0.15) is 12.3 Å². The molecule has 0 aromatic heterocycles. The summed E-state index contributed by atoms with van der Waals surface area (Å²) in [6.45, 7) is 8.79. The molecule has 0 fully saturated rings. The first-order valence-electron chi connectivity index (χ1n) is 11.4. The van der Waals surface area contributed by atoms with E-state index in [9.17, 15) is 14.7 Å². The van der Waals surface area contributed by atoms with Crippen LogP contribution in [0.15, 0.2) is 42.5 Å².